The molecule has 10 heavy (non-hydrogen) atoms. The Hall–Kier alpha value is -0.370. The molecule has 1 atom stereocenters. The van der Waals surface area contributed by atoms with Crippen LogP contribution in [0.15, 0.2) is 0 Å². The molecular weight excluding hydrogens is 126 g/mol. The summed E-state index contributed by atoms with van der Waals surface area (Å²) in [6, 6.07) is 0.0775. The molecule has 2 heteroatoms. The molecule has 0 radical (unpaired) electrons. The Kier molecular flexibility index (Phi) is 1.82. The third-order valence-corrected chi connectivity index (χ3v) is 2.50. The second kappa shape index (κ2) is 2.35. The molecule has 0 aliphatic heterocycles. The van der Waals surface area contributed by atoms with Gasteiger partial charge in [-0.1, -0.05) is 13.8 Å². The zero-order chi connectivity index (χ0) is 7.78. The van der Waals surface area contributed by atoms with Crippen LogP contribution >= 0.6 is 0 Å². The van der Waals surface area contributed by atoms with Crippen LogP contribution in [0.1, 0.15) is 33.1 Å². The highest BCUT2D eigenvalue weighted by Crippen LogP contribution is 2.32. The van der Waals surface area contributed by atoms with Crippen molar-refractivity contribution in [2.24, 2.45) is 11.1 Å². The second-order valence-electron chi connectivity index (χ2n) is 3.84. The SMILES string of the molecule is CC1(C)CCC(=O)CC1N. The van der Waals surface area contributed by atoms with E-state index in [0.717, 1.165) is 12.8 Å². The molecule has 0 aromatic heterocycles. The van der Waals surface area contributed by atoms with Gasteiger partial charge in [0, 0.05) is 18.9 Å². The van der Waals surface area contributed by atoms with Gasteiger partial charge >= 0.3 is 0 Å². The van der Waals surface area contributed by atoms with E-state index in [2.05, 4.69) is 13.8 Å². The number of carbonyl (C=O) groups excluding carboxylic acids is 1. The van der Waals surface area contributed by atoms with Crippen molar-refractivity contribution in [3.8, 4) is 0 Å². The summed E-state index contributed by atoms with van der Waals surface area (Å²) in [5.41, 5.74) is 5.96. The number of nitrogens with two attached hydrogens (primary N) is 1. The lowest BCUT2D eigenvalue weighted by atomic mass is 9.73. The van der Waals surface area contributed by atoms with Crippen LogP contribution in [-0.4, -0.2) is 11.8 Å². The number of hydrogen-bond donors (Lipinski definition) is 1. The van der Waals surface area contributed by atoms with E-state index in [1.165, 1.54) is 0 Å². The highest BCUT2D eigenvalue weighted by molar-refractivity contribution is 5.80. The van der Waals surface area contributed by atoms with E-state index in [0.29, 0.717) is 12.2 Å². The van der Waals surface area contributed by atoms with Gasteiger partial charge in [0.25, 0.3) is 0 Å². The second-order valence-corrected chi connectivity index (χ2v) is 3.84. The molecule has 58 valence electrons. The smallest absolute Gasteiger partial charge is 0.134 e. The van der Waals surface area contributed by atoms with E-state index in [4.69, 9.17) is 5.73 Å². The lowest BCUT2D eigenvalue weighted by Crippen LogP contribution is -2.42. The summed E-state index contributed by atoms with van der Waals surface area (Å²) in [6.07, 6.45) is 2.25. The van der Waals surface area contributed by atoms with Gasteiger partial charge in [-0.2, -0.15) is 0 Å². The van der Waals surface area contributed by atoms with Crippen LogP contribution in [0.25, 0.3) is 0 Å². The standard InChI is InChI=1S/C8H15NO/c1-8(2)4-3-6(10)5-7(8)9/h7H,3-5,9H2,1-2H3. The number of Topliss-reactive ketones (excluding diaryl/α,β-unsaturated/α-hetero) is 1. The maximum atomic E-state index is 10.9. The Morgan fingerprint density at radius 3 is 2.60 bits per heavy atom. The van der Waals surface area contributed by atoms with Crippen molar-refractivity contribution in [1.82, 2.24) is 0 Å². The van der Waals surface area contributed by atoms with Gasteiger partial charge < -0.3 is 5.73 Å². The highest BCUT2D eigenvalue weighted by Gasteiger charge is 2.32. The van der Waals surface area contributed by atoms with Gasteiger partial charge in [-0.15, -0.1) is 0 Å². The molecule has 1 unspecified atom stereocenters. The van der Waals surface area contributed by atoms with Gasteiger partial charge in [0.1, 0.15) is 5.78 Å². The largest absolute Gasteiger partial charge is 0.327 e. The van der Waals surface area contributed by atoms with E-state index in [1.807, 2.05) is 0 Å². The van der Waals surface area contributed by atoms with Crippen molar-refractivity contribution in [1.29, 1.82) is 0 Å². The molecule has 0 aromatic rings. The molecule has 0 spiro atoms. The van der Waals surface area contributed by atoms with Gasteiger partial charge in [-0.05, 0) is 11.8 Å². The fourth-order valence-corrected chi connectivity index (χ4v) is 1.27. The molecule has 0 bridgehead atoms. The first-order chi connectivity index (χ1) is 4.52. The molecular formula is C8H15NO. The third kappa shape index (κ3) is 1.37. The van der Waals surface area contributed by atoms with Crippen molar-refractivity contribution < 1.29 is 4.79 Å². The topological polar surface area (TPSA) is 43.1 Å². The minimum atomic E-state index is 0.0775. The van der Waals surface area contributed by atoms with Crippen molar-refractivity contribution in [3.05, 3.63) is 0 Å². The first-order valence-corrected chi connectivity index (χ1v) is 3.80. The molecule has 1 rings (SSSR count). The normalized spacial score (nSPS) is 32.3. The summed E-state index contributed by atoms with van der Waals surface area (Å²) >= 11 is 0. The van der Waals surface area contributed by atoms with Gasteiger partial charge in [0.15, 0.2) is 0 Å². The quantitative estimate of drug-likeness (QED) is 0.548. The summed E-state index contributed by atoms with van der Waals surface area (Å²) in [4.78, 5) is 10.9. The van der Waals surface area contributed by atoms with Crippen LogP contribution in [0.4, 0.5) is 0 Å². The Balaban J connectivity index is 2.60. The highest BCUT2D eigenvalue weighted by atomic mass is 16.1. The van der Waals surface area contributed by atoms with E-state index < -0.39 is 0 Å². The van der Waals surface area contributed by atoms with E-state index in [1.54, 1.807) is 0 Å². The average Bonchev–Trinajstić information content (AvgIpc) is 1.81. The molecule has 0 heterocycles. The minimum Gasteiger partial charge on any atom is -0.327 e. The minimum absolute atomic E-state index is 0.0775. The molecule has 1 saturated carbocycles. The zero-order valence-corrected chi connectivity index (χ0v) is 6.68. The van der Waals surface area contributed by atoms with Crippen molar-refractivity contribution in [2.45, 2.75) is 39.2 Å². The van der Waals surface area contributed by atoms with Gasteiger partial charge in [-0.25, -0.2) is 0 Å². The van der Waals surface area contributed by atoms with Crippen LogP contribution < -0.4 is 5.73 Å². The Morgan fingerprint density at radius 1 is 1.60 bits per heavy atom. The predicted octanol–water partition coefficient (Wildman–Crippen LogP) is 1.09. The predicted molar refractivity (Wildman–Crippen MR) is 40.6 cm³/mol. The third-order valence-electron chi connectivity index (χ3n) is 2.50. The summed E-state index contributed by atoms with van der Waals surface area (Å²) in [5, 5.41) is 0. The lowest BCUT2D eigenvalue weighted by molar-refractivity contribution is -0.122. The molecule has 0 saturated heterocycles. The van der Waals surface area contributed by atoms with Crippen LogP contribution in [-0.2, 0) is 4.79 Å². The van der Waals surface area contributed by atoms with E-state index >= 15 is 0 Å². The summed E-state index contributed by atoms with van der Waals surface area (Å²) in [6.45, 7) is 4.26. The monoisotopic (exact) mass is 141 g/mol. The molecule has 1 fully saturated rings. The number of hydrogen-bond acceptors (Lipinski definition) is 2. The summed E-state index contributed by atoms with van der Waals surface area (Å²) in [7, 11) is 0. The molecule has 1 aliphatic carbocycles. The van der Waals surface area contributed by atoms with Crippen molar-refractivity contribution in [3.63, 3.8) is 0 Å². The van der Waals surface area contributed by atoms with Gasteiger partial charge in [-0.3, -0.25) is 4.79 Å². The molecule has 0 aromatic carbocycles. The van der Waals surface area contributed by atoms with Crippen LogP contribution in [0, 0.1) is 5.41 Å². The molecule has 2 nitrogen and oxygen atoms in total. The molecule has 1 aliphatic rings. The summed E-state index contributed by atoms with van der Waals surface area (Å²) in [5.74, 6) is 0.326. The Morgan fingerprint density at radius 2 is 2.20 bits per heavy atom. The molecule has 0 amide bonds. The van der Waals surface area contributed by atoms with Crippen molar-refractivity contribution in [2.75, 3.05) is 0 Å². The lowest BCUT2D eigenvalue weighted by Gasteiger charge is -2.35. The average molecular weight is 141 g/mol. The van der Waals surface area contributed by atoms with E-state index in [-0.39, 0.29) is 11.5 Å². The van der Waals surface area contributed by atoms with Crippen LogP contribution in [0.5, 0.6) is 0 Å². The number of carbonyl (C=O) groups is 1. The maximum absolute atomic E-state index is 10.9. The fourth-order valence-electron chi connectivity index (χ4n) is 1.27. The number of ketones is 1. The van der Waals surface area contributed by atoms with Gasteiger partial charge in [0.2, 0.25) is 0 Å². The fraction of sp³-hybridized carbons (Fsp3) is 0.875. The maximum Gasteiger partial charge on any atom is 0.134 e. The van der Waals surface area contributed by atoms with Crippen LogP contribution in [0.2, 0.25) is 0 Å². The Bertz CT molecular complexity index is 151. The summed E-state index contributed by atoms with van der Waals surface area (Å²) < 4.78 is 0. The first-order valence-electron chi connectivity index (χ1n) is 3.80. The van der Waals surface area contributed by atoms with Crippen molar-refractivity contribution >= 4 is 5.78 Å². The van der Waals surface area contributed by atoms with E-state index in [9.17, 15) is 4.79 Å². The molecule has 2 N–H and O–H groups in total. The first kappa shape index (κ1) is 7.73. The van der Waals surface area contributed by atoms with Gasteiger partial charge in [0.05, 0.1) is 0 Å². The zero-order valence-electron chi connectivity index (χ0n) is 6.68. The Labute approximate surface area is 61.8 Å². The number of rotatable bonds is 0. The van der Waals surface area contributed by atoms with Crippen LogP contribution in [0.3, 0.4) is 0 Å².